The highest BCUT2D eigenvalue weighted by atomic mass is 79.9. The van der Waals surface area contributed by atoms with Crippen molar-refractivity contribution < 1.29 is 14.3 Å². The average Bonchev–Trinajstić information content (AvgIpc) is 2.57. The molecule has 120 valence electrons. The number of hydrazone groups is 1. The van der Waals surface area contributed by atoms with Crippen LogP contribution in [0.5, 0.6) is 5.75 Å². The van der Waals surface area contributed by atoms with Gasteiger partial charge in [0.2, 0.25) is 5.43 Å². The Morgan fingerprint density at radius 2 is 2.08 bits per heavy atom. The fourth-order valence-electron chi connectivity index (χ4n) is 2.08. The number of phenols is 1. The van der Waals surface area contributed by atoms with Crippen LogP contribution in [0.25, 0.3) is 11.0 Å². The molecular formula is C17H11BrN2O4. The van der Waals surface area contributed by atoms with Crippen LogP contribution in [0.3, 0.4) is 0 Å². The molecule has 2 N–H and O–H groups in total. The second-order valence-electron chi connectivity index (χ2n) is 4.91. The molecule has 0 saturated heterocycles. The molecule has 0 bridgehead atoms. The lowest BCUT2D eigenvalue weighted by Gasteiger charge is -2.01. The fraction of sp³-hybridized carbons (Fsp3) is 0. The average molecular weight is 387 g/mol. The van der Waals surface area contributed by atoms with Crippen LogP contribution in [0.4, 0.5) is 0 Å². The number of phenolic OH excluding ortho intramolecular Hbond substituents is 1. The molecule has 0 radical (unpaired) electrons. The maximum Gasteiger partial charge on any atom is 0.271 e. The van der Waals surface area contributed by atoms with Crippen molar-refractivity contribution in [1.82, 2.24) is 5.43 Å². The van der Waals surface area contributed by atoms with E-state index in [9.17, 15) is 14.7 Å². The van der Waals surface area contributed by atoms with Gasteiger partial charge in [0.05, 0.1) is 17.2 Å². The molecule has 1 amide bonds. The molecule has 0 atom stereocenters. The first kappa shape index (κ1) is 15.9. The second kappa shape index (κ2) is 6.67. The van der Waals surface area contributed by atoms with Crippen molar-refractivity contribution in [3.05, 3.63) is 74.6 Å². The second-order valence-corrected chi connectivity index (χ2v) is 5.83. The molecule has 6 nitrogen and oxygen atoms in total. The number of nitrogens with one attached hydrogen (secondary N) is 1. The number of carbonyl (C=O) groups excluding carboxylic acids is 1. The minimum absolute atomic E-state index is 0.0353. The third kappa shape index (κ3) is 3.36. The number of aromatic hydroxyl groups is 1. The first-order chi connectivity index (χ1) is 11.5. The van der Waals surface area contributed by atoms with Gasteiger partial charge in [-0.3, -0.25) is 9.59 Å². The molecule has 0 aliphatic rings. The number of hydrogen-bond donors (Lipinski definition) is 2. The van der Waals surface area contributed by atoms with Gasteiger partial charge in [0.15, 0.2) is 0 Å². The minimum atomic E-state index is -0.407. The number of fused-ring (bicyclic) bond motifs is 1. The van der Waals surface area contributed by atoms with Crippen molar-refractivity contribution in [2.75, 3.05) is 0 Å². The Balaban J connectivity index is 1.82. The summed E-state index contributed by atoms with van der Waals surface area (Å²) in [6, 6.07) is 11.1. The van der Waals surface area contributed by atoms with E-state index in [1.54, 1.807) is 24.3 Å². The molecule has 0 aliphatic carbocycles. The van der Waals surface area contributed by atoms with Gasteiger partial charge in [-0.15, -0.1) is 0 Å². The van der Waals surface area contributed by atoms with Crippen LogP contribution in [-0.2, 0) is 0 Å². The topological polar surface area (TPSA) is 91.9 Å². The molecule has 0 aliphatic heterocycles. The van der Waals surface area contributed by atoms with E-state index in [4.69, 9.17) is 4.42 Å². The van der Waals surface area contributed by atoms with Crippen molar-refractivity contribution in [2.45, 2.75) is 0 Å². The number of nitrogens with zero attached hydrogens (tertiary/aromatic N) is 1. The van der Waals surface area contributed by atoms with Crippen molar-refractivity contribution in [3.8, 4) is 5.75 Å². The van der Waals surface area contributed by atoms with Gasteiger partial charge < -0.3 is 9.52 Å². The first-order valence-corrected chi connectivity index (χ1v) is 7.67. The van der Waals surface area contributed by atoms with E-state index in [1.807, 2.05) is 0 Å². The highest BCUT2D eigenvalue weighted by Gasteiger charge is 2.07. The Kier molecular flexibility index (Phi) is 4.43. The molecule has 0 unspecified atom stereocenters. The van der Waals surface area contributed by atoms with Crippen LogP contribution in [0.1, 0.15) is 15.9 Å². The van der Waals surface area contributed by atoms with Gasteiger partial charge >= 0.3 is 0 Å². The predicted octanol–water partition coefficient (Wildman–Crippen LogP) is 3.03. The Morgan fingerprint density at radius 1 is 1.25 bits per heavy atom. The summed E-state index contributed by atoms with van der Waals surface area (Å²) in [5.74, 6) is -0.442. The zero-order valence-electron chi connectivity index (χ0n) is 12.2. The maximum atomic E-state index is 12.3. The largest absolute Gasteiger partial charge is 0.508 e. The smallest absolute Gasteiger partial charge is 0.271 e. The first-order valence-electron chi connectivity index (χ1n) is 6.88. The van der Waals surface area contributed by atoms with Crippen LogP contribution >= 0.6 is 15.9 Å². The lowest BCUT2D eigenvalue weighted by molar-refractivity contribution is 0.0955. The number of hydrogen-bond acceptors (Lipinski definition) is 5. The van der Waals surface area contributed by atoms with E-state index < -0.39 is 5.91 Å². The summed E-state index contributed by atoms with van der Waals surface area (Å²) >= 11 is 3.28. The number of rotatable bonds is 3. The van der Waals surface area contributed by atoms with Crippen LogP contribution < -0.4 is 10.9 Å². The molecular weight excluding hydrogens is 376 g/mol. The van der Waals surface area contributed by atoms with Crippen molar-refractivity contribution >= 4 is 39.0 Å². The number of halogens is 1. The van der Waals surface area contributed by atoms with Crippen molar-refractivity contribution in [3.63, 3.8) is 0 Å². The third-order valence-corrected chi connectivity index (χ3v) is 3.73. The van der Waals surface area contributed by atoms with Gasteiger partial charge in [0, 0.05) is 10.0 Å². The molecule has 1 aromatic heterocycles. The Hall–Kier alpha value is -2.93. The summed E-state index contributed by atoms with van der Waals surface area (Å²) < 4.78 is 6.09. The molecule has 3 aromatic rings. The highest BCUT2D eigenvalue weighted by molar-refractivity contribution is 9.10. The van der Waals surface area contributed by atoms with E-state index in [-0.39, 0.29) is 22.1 Å². The van der Waals surface area contributed by atoms with Gasteiger partial charge in [-0.2, -0.15) is 5.10 Å². The Bertz CT molecular complexity index is 1010. The zero-order chi connectivity index (χ0) is 17.1. The lowest BCUT2D eigenvalue weighted by Crippen LogP contribution is -2.18. The molecule has 0 fully saturated rings. The van der Waals surface area contributed by atoms with E-state index in [0.717, 1.165) is 4.47 Å². The molecule has 0 saturated carbocycles. The molecule has 3 rings (SSSR count). The predicted molar refractivity (Wildman–Crippen MR) is 93.4 cm³/mol. The van der Waals surface area contributed by atoms with Gasteiger partial charge in [0.25, 0.3) is 5.91 Å². The fourth-order valence-corrected chi connectivity index (χ4v) is 2.48. The summed E-state index contributed by atoms with van der Waals surface area (Å²) in [7, 11) is 0. The van der Waals surface area contributed by atoms with Gasteiger partial charge in [-0.25, -0.2) is 5.43 Å². The number of carbonyl (C=O) groups is 1. The summed E-state index contributed by atoms with van der Waals surface area (Å²) in [6.45, 7) is 0. The lowest BCUT2D eigenvalue weighted by atomic mass is 10.2. The van der Waals surface area contributed by atoms with Crippen LogP contribution in [0.15, 0.2) is 67.5 Å². The monoisotopic (exact) mass is 386 g/mol. The zero-order valence-corrected chi connectivity index (χ0v) is 13.8. The maximum absolute atomic E-state index is 12.3. The normalized spacial score (nSPS) is 11.0. The molecule has 24 heavy (non-hydrogen) atoms. The van der Waals surface area contributed by atoms with E-state index in [1.165, 1.54) is 30.7 Å². The summed E-state index contributed by atoms with van der Waals surface area (Å²) in [5.41, 5.74) is 2.92. The highest BCUT2D eigenvalue weighted by Crippen LogP contribution is 2.17. The van der Waals surface area contributed by atoms with Gasteiger partial charge in [-0.05, 0) is 36.4 Å². The Labute approximate surface area is 144 Å². The van der Waals surface area contributed by atoms with E-state index in [0.29, 0.717) is 11.1 Å². The van der Waals surface area contributed by atoms with Crippen LogP contribution in [0.2, 0.25) is 0 Å². The van der Waals surface area contributed by atoms with Crippen LogP contribution in [0, 0.1) is 0 Å². The number of benzene rings is 2. The van der Waals surface area contributed by atoms with E-state index in [2.05, 4.69) is 26.5 Å². The third-order valence-electron chi connectivity index (χ3n) is 3.24. The standard InChI is InChI=1S/C17H11BrN2O4/c18-12-3-1-2-10(6-12)17(23)20-19-8-11-9-24-15-5-4-13(21)7-14(15)16(11)22/h1-9,21H,(H,20,23)/b19-8+. The summed E-state index contributed by atoms with van der Waals surface area (Å²) in [4.78, 5) is 24.2. The van der Waals surface area contributed by atoms with Crippen molar-refractivity contribution in [2.24, 2.45) is 5.10 Å². The quantitative estimate of drug-likeness (QED) is 0.534. The van der Waals surface area contributed by atoms with Crippen molar-refractivity contribution in [1.29, 1.82) is 0 Å². The molecule has 1 heterocycles. The molecule has 0 spiro atoms. The van der Waals surface area contributed by atoms with Gasteiger partial charge in [-0.1, -0.05) is 22.0 Å². The number of amides is 1. The van der Waals surface area contributed by atoms with Gasteiger partial charge in [0.1, 0.15) is 17.6 Å². The van der Waals surface area contributed by atoms with Crippen LogP contribution in [-0.4, -0.2) is 17.2 Å². The summed E-state index contributed by atoms with van der Waals surface area (Å²) in [6.07, 6.45) is 2.45. The molecule has 7 heteroatoms. The SMILES string of the molecule is O=C(N/N=C/c1coc2ccc(O)cc2c1=O)c1cccc(Br)c1. The molecule has 2 aromatic carbocycles. The van der Waals surface area contributed by atoms with E-state index >= 15 is 0 Å². The summed E-state index contributed by atoms with van der Waals surface area (Å²) in [5, 5.41) is 13.5. The minimum Gasteiger partial charge on any atom is -0.508 e. The Morgan fingerprint density at radius 3 is 2.88 bits per heavy atom.